The van der Waals surface area contributed by atoms with E-state index in [-0.39, 0.29) is 23.7 Å². The van der Waals surface area contributed by atoms with Crippen LogP contribution in [-0.4, -0.2) is 27.6 Å². The predicted octanol–water partition coefficient (Wildman–Crippen LogP) is 7.12. The highest BCUT2D eigenvalue weighted by atomic mass is 35.5. The van der Waals surface area contributed by atoms with Gasteiger partial charge >= 0.3 is 0 Å². The first kappa shape index (κ1) is 26.5. The summed E-state index contributed by atoms with van der Waals surface area (Å²) in [5.74, 6) is 0.519. The summed E-state index contributed by atoms with van der Waals surface area (Å²) in [4.78, 5) is 37.3. The molecule has 2 amide bonds. The highest BCUT2D eigenvalue weighted by Crippen LogP contribution is 2.36. The number of imide groups is 1. The molecule has 0 aromatic heterocycles. The molecule has 0 bridgehead atoms. The first-order valence-corrected chi connectivity index (χ1v) is 12.6. The van der Waals surface area contributed by atoms with Crippen molar-refractivity contribution in [3.8, 4) is 11.5 Å². The number of carbonyl (C=O) groups excluding carboxylic acids is 2. The molecule has 1 saturated heterocycles. The van der Waals surface area contributed by atoms with Crippen LogP contribution in [-0.2, 0) is 17.9 Å². The van der Waals surface area contributed by atoms with Gasteiger partial charge in [0.25, 0.3) is 16.8 Å². The summed E-state index contributed by atoms with van der Waals surface area (Å²) >= 11 is 13.0. The van der Waals surface area contributed by atoms with Crippen molar-refractivity contribution in [3.05, 3.63) is 102 Å². The van der Waals surface area contributed by atoms with Gasteiger partial charge in [0.05, 0.1) is 23.0 Å². The molecule has 190 valence electrons. The molecule has 1 aliphatic heterocycles. The van der Waals surface area contributed by atoms with E-state index in [2.05, 4.69) is 0 Å². The second-order valence-corrected chi connectivity index (χ2v) is 9.69. The topological polar surface area (TPSA) is 99.0 Å². The second kappa shape index (κ2) is 11.7. The minimum Gasteiger partial charge on any atom is -0.490 e. The van der Waals surface area contributed by atoms with Crippen molar-refractivity contribution in [1.82, 2.24) is 4.90 Å². The quantitative estimate of drug-likeness (QED) is 0.156. The standard InChI is InChI=1S/C26H20Cl2N2O6S/c1-2-35-23-11-17(5-10-22(23)36-15-16-3-8-20(9-4-16)30(33)34)12-24-25(31)29(26(32)37-24)14-18-6-7-19(27)13-21(18)28/h3-13H,2,14-15H2,1H3/b24-12-. The molecule has 0 atom stereocenters. The van der Waals surface area contributed by atoms with E-state index in [1.54, 1.807) is 54.6 Å². The Kier molecular flexibility index (Phi) is 8.38. The lowest BCUT2D eigenvalue weighted by molar-refractivity contribution is -0.384. The minimum absolute atomic E-state index is 0.00351. The third-order valence-corrected chi connectivity index (χ3v) is 6.82. The van der Waals surface area contributed by atoms with Crippen LogP contribution in [0.1, 0.15) is 23.6 Å². The Morgan fingerprint density at radius 2 is 1.76 bits per heavy atom. The third-order valence-electron chi connectivity index (χ3n) is 5.32. The summed E-state index contributed by atoms with van der Waals surface area (Å²) in [6.45, 7) is 2.44. The summed E-state index contributed by atoms with van der Waals surface area (Å²) in [5, 5.41) is 11.3. The fourth-order valence-electron chi connectivity index (χ4n) is 3.48. The number of non-ortho nitro benzene ring substituents is 1. The summed E-state index contributed by atoms with van der Waals surface area (Å²) in [5.41, 5.74) is 2.03. The van der Waals surface area contributed by atoms with Crippen molar-refractivity contribution in [1.29, 1.82) is 0 Å². The van der Waals surface area contributed by atoms with Crippen molar-refractivity contribution >= 4 is 57.9 Å². The third kappa shape index (κ3) is 6.43. The zero-order chi connectivity index (χ0) is 26.5. The predicted molar refractivity (Wildman–Crippen MR) is 143 cm³/mol. The number of nitro benzene ring substituents is 1. The van der Waals surface area contributed by atoms with Crippen molar-refractivity contribution in [2.75, 3.05) is 6.61 Å². The number of hydrogen-bond acceptors (Lipinski definition) is 7. The number of rotatable bonds is 9. The average molecular weight is 559 g/mol. The SMILES string of the molecule is CCOc1cc(/C=C2\SC(=O)N(Cc3ccc(Cl)cc3Cl)C2=O)ccc1OCc1ccc([N+](=O)[O-])cc1. The fourth-order valence-corrected chi connectivity index (χ4v) is 4.79. The van der Waals surface area contributed by atoms with Crippen LogP contribution >= 0.6 is 35.0 Å². The monoisotopic (exact) mass is 558 g/mol. The van der Waals surface area contributed by atoms with Gasteiger partial charge in [0.15, 0.2) is 11.5 Å². The molecule has 4 rings (SSSR count). The Bertz CT molecular complexity index is 1390. The maximum Gasteiger partial charge on any atom is 0.293 e. The van der Waals surface area contributed by atoms with E-state index in [1.165, 1.54) is 12.1 Å². The van der Waals surface area contributed by atoms with Gasteiger partial charge < -0.3 is 9.47 Å². The maximum absolute atomic E-state index is 13.0. The highest BCUT2D eigenvalue weighted by Gasteiger charge is 2.35. The van der Waals surface area contributed by atoms with Crippen molar-refractivity contribution in [2.45, 2.75) is 20.1 Å². The van der Waals surface area contributed by atoms with Crippen LogP contribution < -0.4 is 9.47 Å². The molecule has 37 heavy (non-hydrogen) atoms. The smallest absolute Gasteiger partial charge is 0.293 e. The number of carbonyl (C=O) groups is 2. The van der Waals surface area contributed by atoms with Gasteiger partial charge in [-0.05, 0) is 77.9 Å². The molecule has 1 heterocycles. The summed E-state index contributed by atoms with van der Waals surface area (Å²) in [6.07, 6.45) is 1.62. The Hall–Kier alpha value is -3.53. The van der Waals surface area contributed by atoms with Crippen LogP contribution in [0.15, 0.2) is 65.6 Å². The van der Waals surface area contributed by atoms with E-state index < -0.39 is 16.1 Å². The van der Waals surface area contributed by atoms with Crippen LogP contribution in [0, 0.1) is 10.1 Å². The number of ether oxygens (including phenoxy) is 2. The summed E-state index contributed by atoms with van der Waals surface area (Å²) in [6, 6.07) is 16.2. The first-order valence-electron chi connectivity index (χ1n) is 11.1. The van der Waals surface area contributed by atoms with E-state index in [4.69, 9.17) is 32.7 Å². The van der Waals surface area contributed by atoms with Gasteiger partial charge in [-0.2, -0.15) is 0 Å². The van der Waals surface area contributed by atoms with E-state index in [0.29, 0.717) is 39.3 Å². The molecule has 1 aliphatic rings. The number of amides is 2. The molecule has 0 aliphatic carbocycles. The summed E-state index contributed by atoms with van der Waals surface area (Å²) < 4.78 is 11.6. The van der Waals surface area contributed by atoms with Gasteiger partial charge in [-0.1, -0.05) is 35.3 Å². The molecule has 0 spiro atoms. The van der Waals surface area contributed by atoms with Crippen LogP contribution in [0.3, 0.4) is 0 Å². The molecule has 8 nitrogen and oxygen atoms in total. The highest BCUT2D eigenvalue weighted by molar-refractivity contribution is 8.18. The molecule has 0 radical (unpaired) electrons. The Morgan fingerprint density at radius 1 is 1.00 bits per heavy atom. The molecular weight excluding hydrogens is 539 g/mol. The first-order chi connectivity index (χ1) is 17.7. The number of nitro groups is 1. The molecule has 3 aromatic carbocycles. The van der Waals surface area contributed by atoms with Crippen LogP contribution in [0.5, 0.6) is 11.5 Å². The number of nitrogens with zero attached hydrogens (tertiary/aromatic N) is 2. The van der Waals surface area contributed by atoms with Crippen molar-refractivity contribution in [2.24, 2.45) is 0 Å². The largest absolute Gasteiger partial charge is 0.490 e. The Balaban J connectivity index is 1.49. The zero-order valence-corrected chi connectivity index (χ0v) is 21.8. The summed E-state index contributed by atoms with van der Waals surface area (Å²) in [7, 11) is 0. The normalized spacial score (nSPS) is 14.4. The van der Waals surface area contributed by atoms with Gasteiger partial charge in [0.2, 0.25) is 0 Å². The molecular formula is C26H20Cl2N2O6S. The van der Waals surface area contributed by atoms with Crippen molar-refractivity contribution in [3.63, 3.8) is 0 Å². The van der Waals surface area contributed by atoms with Gasteiger partial charge in [-0.3, -0.25) is 24.6 Å². The maximum atomic E-state index is 13.0. The number of halogens is 2. The van der Waals surface area contributed by atoms with Gasteiger partial charge in [-0.25, -0.2) is 0 Å². The molecule has 0 N–H and O–H groups in total. The fraction of sp³-hybridized carbons (Fsp3) is 0.154. The van der Waals surface area contributed by atoms with Crippen LogP contribution in [0.2, 0.25) is 10.0 Å². The van der Waals surface area contributed by atoms with Gasteiger partial charge in [0, 0.05) is 22.2 Å². The Morgan fingerprint density at radius 3 is 2.43 bits per heavy atom. The van der Waals surface area contributed by atoms with Crippen LogP contribution in [0.4, 0.5) is 10.5 Å². The van der Waals surface area contributed by atoms with Crippen LogP contribution in [0.25, 0.3) is 6.08 Å². The Labute approximate surface area is 226 Å². The van der Waals surface area contributed by atoms with Gasteiger partial charge in [-0.15, -0.1) is 0 Å². The molecule has 0 unspecified atom stereocenters. The molecule has 3 aromatic rings. The second-order valence-electron chi connectivity index (χ2n) is 7.86. The van der Waals surface area contributed by atoms with E-state index in [0.717, 1.165) is 22.2 Å². The molecule has 11 heteroatoms. The van der Waals surface area contributed by atoms with Crippen molar-refractivity contribution < 1.29 is 24.0 Å². The van der Waals surface area contributed by atoms with E-state index in [1.807, 2.05) is 6.92 Å². The molecule has 1 fully saturated rings. The zero-order valence-electron chi connectivity index (χ0n) is 19.5. The van der Waals surface area contributed by atoms with E-state index >= 15 is 0 Å². The number of hydrogen-bond donors (Lipinski definition) is 0. The number of thioether (sulfide) groups is 1. The molecule has 0 saturated carbocycles. The number of benzene rings is 3. The average Bonchev–Trinajstić information content (AvgIpc) is 3.12. The minimum atomic E-state index is -0.460. The lowest BCUT2D eigenvalue weighted by atomic mass is 10.1. The lowest BCUT2D eigenvalue weighted by Crippen LogP contribution is -2.27. The van der Waals surface area contributed by atoms with E-state index in [9.17, 15) is 19.7 Å². The lowest BCUT2D eigenvalue weighted by Gasteiger charge is -2.14. The van der Waals surface area contributed by atoms with Gasteiger partial charge in [0.1, 0.15) is 6.61 Å².